The minimum Gasteiger partial charge on any atom is -0.0881 e. The highest BCUT2D eigenvalue weighted by Gasteiger charge is 2.45. The normalized spacial score (nSPS) is 13.8. The van der Waals surface area contributed by atoms with Gasteiger partial charge in [-0.15, -0.1) is 0 Å². The topological polar surface area (TPSA) is 0 Å². The summed E-state index contributed by atoms with van der Waals surface area (Å²) in [5.74, 6) is 0. The lowest BCUT2D eigenvalue weighted by Crippen LogP contribution is -2.28. The van der Waals surface area contributed by atoms with Crippen molar-refractivity contribution in [3.05, 3.63) is 180 Å². The Balaban J connectivity index is 1.26. The van der Waals surface area contributed by atoms with Crippen molar-refractivity contribution >= 4 is 22.5 Å². The summed E-state index contributed by atoms with van der Waals surface area (Å²) in [6.07, 6.45) is 0. The lowest BCUT2D eigenvalue weighted by Gasteiger charge is -2.34. The molecule has 7 aromatic carbocycles. The summed E-state index contributed by atoms with van der Waals surface area (Å²) in [7, 11) is 0. The quantitative estimate of drug-likeness (QED) is 0.211. The van der Waals surface area contributed by atoms with Gasteiger partial charge in [-0.25, -0.2) is 0 Å². The lowest BCUT2D eigenvalue weighted by atomic mass is 9.67. The van der Waals surface area contributed by atoms with Gasteiger partial charge in [-0.3, -0.25) is 0 Å². The highest BCUT2D eigenvalue weighted by Crippen LogP contribution is 2.56. The minimum atomic E-state index is -0.370. The molecule has 0 radical (unpaired) electrons. The predicted octanol–water partition coefficient (Wildman–Crippen LogP) is 11.0. The molecule has 1 aliphatic carbocycles. The second-order valence-electron chi connectivity index (χ2n) is 11.2. The van der Waals surface area contributed by atoms with Gasteiger partial charge in [0.05, 0.1) is 5.41 Å². The molecule has 0 saturated heterocycles. The summed E-state index contributed by atoms with van der Waals surface area (Å²) >= 11 is 1.90. The Hall–Kier alpha value is -4.85. The van der Waals surface area contributed by atoms with Gasteiger partial charge in [0.25, 0.3) is 0 Å². The summed E-state index contributed by atoms with van der Waals surface area (Å²) in [6, 6.07) is 58.4. The average molecular weight is 551 g/mol. The molecule has 42 heavy (non-hydrogen) atoms. The van der Waals surface area contributed by atoms with Crippen LogP contribution >= 0.6 is 11.8 Å². The predicted molar refractivity (Wildman–Crippen MR) is 176 cm³/mol. The minimum absolute atomic E-state index is 0.370. The van der Waals surface area contributed by atoms with Crippen LogP contribution in [0.5, 0.6) is 0 Å². The third-order valence-electron chi connectivity index (χ3n) is 9.18. The summed E-state index contributed by atoms with van der Waals surface area (Å²) in [5.41, 5.74) is 12.8. The van der Waals surface area contributed by atoms with Crippen molar-refractivity contribution in [2.24, 2.45) is 0 Å². The van der Waals surface area contributed by atoms with Crippen LogP contribution in [0.25, 0.3) is 44.2 Å². The Morgan fingerprint density at radius 3 is 1.71 bits per heavy atom. The van der Waals surface area contributed by atoms with E-state index in [9.17, 15) is 0 Å². The first-order chi connectivity index (χ1) is 20.8. The van der Waals surface area contributed by atoms with Crippen LogP contribution in [0.15, 0.2) is 168 Å². The average Bonchev–Trinajstić information content (AvgIpc) is 3.37. The number of rotatable bonds is 3. The fourth-order valence-electron chi connectivity index (χ4n) is 7.40. The van der Waals surface area contributed by atoms with Crippen LogP contribution < -0.4 is 0 Å². The molecule has 196 valence electrons. The van der Waals surface area contributed by atoms with Crippen LogP contribution in [0.1, 0.15) is 22.3 Å². The van der Waals surface area contributed by atoms with Crippen molar-refractivity contribution in [1.82, 2.24) is 0 Å². The van der Waals surface area contributed by atoms with E-state index in [4.69, 9.17) is 0 Å². The van der Waals surface area contributed by atoms with Gasteiger partial charge < -0.3 is 0 Å². The van der Waals surface area contributed by atoms with Gasteiger partial charge >= 0.3 is 0 Å². The van der Waals surface area contributed by atoms with E-state index in [1.807, 2.05) is 11.8 Å². The van der Waals surface area contributed by atoms with E-state index in [1.165, 1.54) is 76.2 Å². The molecule has 7 aromatic rings. The second kappa shape index (κ2) is 9.08. The van der Waals surface area contributed by atoms with Crippen molar-refractivity contribution in [3.8, 4) is 33.4 Å². The molecule has 1 aliphatic heterocycles. The first-order valence-electron chi connectivity index (χ1n) is 14.5. The largest absolute Gasteiger partial charge is 0.0881 e. The highest BCUT2D eigenvalue weighted by molar-refractivity contribution is 8.00. The van der Waals surface area contributed by atoms with Crippen molar-refractivity contribution < 1.29 is 0 Å². The molecular formula is C41H26S. The van der Waals surface area contributed by atoms with Gasteiger partial charge in [-0.2, -0.15) is 0 Å². The Labute approximate surface area is 250 Å². The van der Waals surface area contributed by atoms with Gasteiger partial charge in [0, 0.05) is 15.2 Å². The first-order valence-corrected chi connectivity index (χ1v) is 15.3. The maximum absolute atomic E-state index is 2.37. The summed E-state index contributed by atoms with van der Waals surface area (Å²) in [6.45, 7) is 0. The maximum Gasteiger partial charge on any atom is 0.0713 e. The number of fused-ring (bicyclic) bond motifs is 5. The zero-order valence-corrected chi connectivity index (χ0v) is 23.7. The van der Waals surface area contributed by atoms with Crippen molar-refractivity contribution in [3.63, 3.8) is 0 Å². The molecule has 0 atom stereocenters. The Kier molecular flexibility index (Phi) is 5.15. The zero-order valence-electron chi connectivity index (χ0n) is 22.9. The molecule has 1 heterocycles. The zero-order chi connectivity index (χ0) is 27.7. The van der Waals surface area contributed by atoms with Gasteiger partial charge in [0.1, 0.15) is 0 Å². The fourth-order valence-corrected chi connectivity index (χ4v) is 8.68. The molecule has 1 heteroatoms. The third kappa shape index (κ3) is 3.20. The van der Waals surface area contributed by atoms with E-state index in [0.29, 0.717) is 0 Å². The van der Waals surface area contributed by atoms with Crippen LogP contribution in [0.2, 0.25) is 0 Å². The molecule has 0 amide bonds. The van der Waals surface area contributed by atoms with Crippen LogP contribution in [0.3, 0.4) is 0 Å². The number of hydrogen-bond acceptors (Lipinski definition) is 1. The Bertz CT molecular complexity index is 2110. The maximum atomic E-state index is 2.37. The van der Waals surface area contributed by atoms with E-state index in [1.54, 1.807) is 0 Å². The van der Waals surface area contributed by atoms with E-state index in [0.717, 1.165) is 0 Å². The molecule has 0 bridgehead atoms. The molecule has 0 aromatic heterocycles. The standard InChI is InChI=1S/C41H26S/c1-2-12-29(13-3-1)41(36-18-7-4-14-32(36)33-15-5-8-19-37(33)41)30-24-21-27(22-25-30)31-26-23-28-11-10-17-35-34-16-6-9-20-38(34)42-40(31)39(28)35/h1-26H. The monoisotopic (exact) mass is 550 g/mol. The van der Waals surface area contributed by atoms with E-state index in [-0.39, 0.29) is 5.41 Å². The van der Waals surface area contributed by atoms with Crippen molar-refractivity contribution in [2.45, 2.75) is 15.2 Å². The summed E-state index contributed by atoms with van der Waals surface area (Å²) in [4.78, 5) is 2.67. The molecule has 0 nitrogen and oxygen atoms in total. The molecular weight excluding hydrogens is 525 g/mol. The molecule has 2 aliphatic rings. The second-order valence-corrected chi connectivity index (χ2v) is 12.3. The Morgan fingerprint density at radius 2 is 0.976 bits per heavy atom. The lowest BCUT2D eigenvalue weighted by molar-refractivity contribution is 0.768. The fraction of sp³-hybridized carbons (Fsp3) is 0.0244. The Morgan fingerprint density at radius 1 is 0.381 bits per heavy atom. The number of benzene rings is 7. The van der Waals surface area contributed by atoms with Crippen LogP contribution in [0, 0.1) is 0 Å². The van der Waals surface area contributed by atoms with E-state index in [2.05, 4.69) is 158 Å². The molecule has 0 unspecified atom stereocenters. The summed E-state index contributed by atoms with van der Waals surface area (Å²) in [5, 5.41) is 2.66. The van der Waals surface area contributed by atoms with Gasteiger partial charge in [0.2, 0.25) is 0 Å². The third-order valence-corrected chi connectivity index (χ3v) is 10.4. The van der Waals surface area contributed by atoms with Crippen molar-refractivity contribution in [2.75, 3.05) is 0 Å². The van der Waals surface area contributed by atoms with E-state index >= 15 is 0 Å². The van der Waals surface area contributed by atoms with Gasteiger partial charge in [-0.1, -0.05) is 163 Å². The molecule has 9 rings (SSSR count). The molecule has 0 fully saturated rings. The SMILES string of the molecule is c1ccc(C2(c3ccc(-c4ccc5cccc6c5c4Sc4ccccc4-6)cc3)c3ccccc3-c3ccccc32)cc1. The van der Waals surface area contributed by atoms with Crippen molar-refractivity contribution in [1.29, 1.82) is 0 Å². The molecule has 0 N–H and O–H groups in total. The van der Waals surface area contributed by atoms with Crippen LogP contribution in [-0.4, -0.2) is 0 Å². The molecule has 0 spiro atoms. The van der Waals surface area contributed by atoms with Gasteiger partial charge in [0.15, 0.2) is 0 Å². The van der Waals surface area contributed by atoms with Crippen LogP contribution in [-0.2, 0) is 5.41 Å². The smallest absolute Gasteiger partial charge is 0.0713 e. The molecule has 0 saturated carbocycles. The summed E-state index contributed by atoms with van der Waals surface area (Å²) < 4.78 is 0. The highest BCUT2D eigenvalue weighted by atomic mass is 32.2. The van der Waals surface area contributed by atoms with E-state index < -0.39 is 0 Å². The van der Waals surface area contributed by atoms with Crippen LogP contribution in [0.4, 0.5) is 0 Å². The first kappa shape index (κ1) is 23.8. The van der Waals surface area contributed by atoms with Gasteiger partial charge in [-0.05, 0) is 67.1 Å². The number of hydrogen-bond donors (Lipinski definition) is 0.